The van der Waals surface area contributed by atoms with Crippen LogP contribution in [0.2, 0.25) is 0 Å². The molecule has 6 heteroatoms. The van der Waals surface area contributed by atoms with Gasteiger partial charge in [0.1, 0.15) is 0 Å². The molecule has 1 aliphatic rings. The molecule has 0 radical (unpaired) electrons. The lowest BCUT2D eigenvalue weighted by molar-refractivity contribution is -0.135. The van der Waals surface area contributed by atoms with Gasteiger partial charge in [-0.2, -0.15) is 0 Å². The van der Waals surface area contributed by atoms with Crippen LogP contribution in [0.25, 0.3) is 0 Å². The summed E-state index contributed by atoms with van der Waals surface area (Å²) in [6.07, 6.45) is 0. The largest absolute Gasteiger partial charge is 0.479 e. The van der Waals surface area contributed by atoms with E-state index in [1.807, 2.05) is 0 Å². The van der Waals surface area contributed by atoms with Gasteiger partial charge in [0.15, 0.2) is 0 Å². The fourth-order valence-corrected chi connectivity index (χ4v) is 0.604. The van der Waals surface area contributed by atoms with Gasteiger partial charge >= 0.3 is 5.97 Å². The van der Waals surface area contributed by atoms with Crippen LogP contribution in [0.15, 0.2) is 0 Å². The van der Waals surface area contributed by atoms with Crippen LogP contribution in [-0.4, -0.2) is 42.1 Å². The number of aliphatic carboxylic acids is 1. The molecule has 1 rings (SSSR count). The highest BCUT2D eigenvalue weighted by Gasteiger charge is 2.05. The van der Waals surface area contributed by atoms with Gasteiger partial charge in [-0.3, -0.25) is 0 Å². The van der Waals surface area contributed by atoms with Crippen LogP contribution in [0.1, 0.15) is 0 Å². The predicted octanol–water partition coefficient (Wildman–Crippen LogP) is 0.0539. The van der Waals surface area contributed by atoms with Crippen molar-refractivity contribution in [2.75, 3.05) is 26.2 Å². The second kappa shape index (κ2) is 7.61. The maximum atomic E-state index is 9.44. The smallest absolute Gasteiger partial charge is 0.337 e. The van der Waals surface area contributed by atoms with E-state index in [2.05, 4.69) is 10.6 Å². The monoisotopic (exact) mass is 214 g/mol. The van der Waals surface area contributed by atoms with Crippen molar-refractivity contribution in [1.82, 2.24) is 10.6 Å². The lowest BCUT2D eigenvalue weighted by Gasteiger charge is -2.11. The molecule has 72 valence electrons. The average Bonchev–Trinajstić information content (AvgIpc) is 2.08. The first-order valence-corrected chi connectivity index (χ1v) is 4.44. The Bertz CT molecular complexity index is 117. The summed E-state index contributed by atoms with van der Waals surface area (Å²) in [4.78, 5) is 8.15. The van der Waals surface area contributed by atoms with Crippen molar-refractivity contribution in [1.29, 1.82) is 0 Å². The summed E-state index contributed by atoms with van der Waals surface area (Å²) in [7, 11) is 0. The van der Waals surface area contributed by atoms with Crippen molar-refractivity contribution in [3.05, 3.63) is 0 Å². The molecule has 0 unspecified atom stereocenters. The van der Waals surface area contributed by atoms with Crippen molar-refractivity contribution < 1.29 is 9.90 Å². The minimum atomic E-state index is -1.29. The Kier molecular flexibility index (Phi) is 7.59. The van der Waals surface area contributed by atoms with Gasteiger partial charge in [0.25, 0.3) is 0 Å². The Labute approximate surface area is 81.2 Å². The molecule has 1 aliphatic heterocycles. The Hall–Kier alpha value is -0.0300. The van der Waals surface area contributed by atoms with Crippen LogP contribution in [0, 0.1) is 0 Å². The van der Waals surface area contributed by atoms with Crippen LogP contribution in [0.5, 0.6) is 0 Å². The third kappa shape index (κ3) is 8.07. The molecule has 0 spiro atoms. The van der Waals surface area contributed by atoms with E-state index >= 15 is 0 Å². The van der Waals surface area contributed by atoms with Crippen LogP contribution in [0.3, 0.4) is 0 Å². The third-order valence-electron chi connectivity index (χ3n) is 1.14. The molecule has 1 fully saturated rings. The number of carboxylic acid groups (broad SMARTS) is 1. The topological polar surface area (TPSA) is 61.4 Å². The van der Waals surface area contributed by atoms with Gasteiger partial charge in [-0.05, 0) is 0 Å². The van der Waals surface area contributed by atoms with E-state index < -0.39 is 10.8 Å². The number of alkyl halides is 2. The molecule has 0 amide bonds. The summed E-state index contributed by atoms with van der Waals surface area (Å²) < 4.78 is 0. The average molecular weight is 215 g/mol. The number of carbonyl (C=O) groups is 1. The van der Waals surface area contributed by atoms with Gasteiger partial charge in [-0.25, -0.2) is 4.79 Å². The molecule has 3 N–H and O–H groups in total. The quantitative estimate of drug-likeness (QED) is 0.541. The summed E-state index contributed by atoms with van der Waals surface area (Å²) in [5, 5.41) is 14.2. The maximum absolute atomic E-state index is 9.44. The van der Waals surface area contributed by atoms with Crippen LogP contribution < -0.4 is 10.6 Å². The van der Waals surface area contributed by atoms with Crippen LogP contribution in [0.4, 0.5) is 0 Å². The molecule has 0 atom stereocenters. The Morgan fingerprint density at radius 2 is 1.42 bits per heavy atom. The number of hydrogen-bond acceptors (Lipinski definition) is 3. The molecule has 0 saturated carbocycles. The summed E-state index contributed by atoms with van der Waals surface area (Å²) in [6.45, 7) is 4.56. The van der Waals surface area contributed by atoms with E-state index in [9.17, 15) is 4.79 Å². The first kappa shape index (κ1) is 12.0. The maximum Gasteiger partial charge on any atom is 0.337 e. The van der Waals surface area contributed by atoms with Crippen LogP contribution in [-0.2, 0) is 4.79 Å². The van der Waals surface area contributed by atoms with E-state index in [0.717, 1.165) is 26.2 Å². The lowest BCUT2D eigenvalue weighted by atomic mass is 10.4. The standard InChI is InChI=1S/C4H10N2.C2H2Cl2O2/c1-2-6-4-3-5-1;3-1(4)2(5)6/h5-6H,1-4H2;1H,(H,5,6). The fourth-order valence-electron chi connectivity index (χ4n) is 0.604. The van der Waals surface area contributed by atoms with E-state index in [0.29, 0.717) is 0 Å². The van der Waals surface area contributed by atoms with Crippen molar-refractivity contribution >= 4 is 29.2 Å². The van der Waals surface area contributed by atoms with Crippen molar-refractivity contribution in [2.24, 2.45) is 0 Å². The molecular weight excluding hydrogens is 203 g/mol. The van der Waals surface area contributed by atoms with Gasteiger partial charge in [0.05, 0.1) is 0 Å². The Balaban J connectivity index is 0.000000202. The summed E-state index contributed by atoms with van der Waals surface area (Å²) >= 11 is 9.56. The molecule has 1 heterocycles. The van der Waals surface area contributed by atoms with E-state index in [4.69, 9.17) is 28.3 Å². The zero-order valence-corrected chi connectivity index (χ0v) is 8.03. The number of piperazine rings is 1. The number of halogens is 2. The summed E-state index contributed by atoms with van der Waals surface area (Å²) in [6, 6.07) is 0. The second-order valence-electron chi connectivity index (χ2n) is 2.14. The lowest BCUT2D eigenvalue weighted by Crippen LogP contribution is -2.39. The van der Waals surface area contributed by atoms with Crippen LogP contribution >= 0.6 is 23.2 Å². The first-order valence-electron chi connectivity index (χ1n) is 3.57. The normalized spacial score (nSPS) is 16.6. The minimum absolute atomic E-state index is 1.14. The molecule has 1 saturated heterocycles. The number of nitrogens with one attached hydrogen (secondary N) is 2. The van der Waals surface area contributed by atoms with E-state index in [1.54, 1.807) is 0 Å². The zero-order chi connectivity index (χ0) is 9.40. The number of carboxylic acids is 1. The SMILES string of the molecule is C1CNCCN1.O=C(O)C(Cl)Cl. The fraction of sp³-hybridized carbons (Fsp3) is 0.833. The number of rotatable bonds is 1. The summed E-state index contributed by atoms with van der Waals surface area (Å²) in [5.74, 6) is -1.21. The first-order chi connectivity index (χ1) is 5.64. The zero-order valence-electron chi connectivity index (χ0n) is 6.52. The van der Waals surface area contributed by atoms with Crippen molar-refractivity contribution in [2.45, 2.75) is 4.84 Å². The van der Waals surface area contributed by atoms with E-state index in [1.165, 1.54) is 0 Å². The van der Waals surface area contributed by atoms with Crippen molar-refractivity contribution in [3.8, 4) is 0 Å². The van der Waals surface area contributed by atoms with Gasteiger partial charge in [-0.15, -0.1) is 0 Å². The highest BCUT2D eigenvalue weighted by atomic mass is 35.5. The van der Waals surface area contributed by atoms with Gasteiger partial charge < -0.3 is 15.7 Å². The van der Waals surface area contributed by atoms with E-state index in [-0.39, 0.29) is 0 Å². The highest BCUT2D eigenvalue weighted by Crippen LogP contribution is 1.98. The molecule has 0 bridgehead atoms. The molecule has 0 aliphatic carbocycles. The van der Waals surface area contributed by atoms with Gasteiger partial charge in [-0.1, -0.05) is 23.2 Å². The highest BCUT2D eigenvalue weighted by molar-refractivity contribution is 6.52. The Morgan fingerprint density at radius 1 is 1.17 bits per heavy atom. The predicted molar refractivity (Wildman–Crippen MR) is 48.9 cm³/mol. The second-order valence-corrected chi connectivity index (χ2v) is 3.24. The van der Waals surface area contributed by atoms with Gasteiger partial charge in [0, 0.05) is 26.2 Å². The number of hydrogen-bond donors (Lipinski definition) is 3. The Morgan fingerprint density at radius 3 is 1.50 bits per heavy atom. The van der Waals surface area contributed by atoms with Gasteiger partial charge in [0.2, 0.25) is 4.84 Å². The molecule has 4 nitrogen and oxygen atoms in total. The summed E-state index contributed by atoms with van der Waals surface area (Å²) in [5.41, 5.74) is 0. The molecule has 0 aromatic heterocycles. The third-order valence-corrected chi connectivity index (χ3v) is 1.52. The molecule has 0 aromatic carbocycles. The van der Waals surface area contributed by atoms with Crippen molar-refractivity contribution in [3.63, 3.8) is 0 Å². The minimum Gasteiger partial charge on any atom is -0.479 e. The molecular formula is C6H12Cl2N2O2. The molecule has 0 aromatic rings. The molecule has 12 heavy (non-hydrogen) atoms.